The maximum Gasteiger partial charge on any atom is 0.256 e. The van der Waals surface area contributed by atoms with Crippen LogP contribution in [0.25, 0.3) is 10.2 Å². The van der Waals surface area contributed by atoms with Crippen molar-refractivity contribution in [2.45, 2.75) is 18.8 Å². The van der Waals surface area contributed by atoms with Crippen LogP contribution < -0.4 is 0 Å². The molecule has 1 atom stereocenters. The van der Waals surface area contributed by atoms with Crippen LogP contribution in [0.1, 0.15) is 34.1 Å². The zero-order chi connectivity index (χ0) is 17.4. The van der Waals surface area contributed by atoms with Crippen LogP contribution in [-0.2, 0) is 0 Å². The Hall–Kier alpha value is -2.34. The summed E-state index contributed by atoms with van der Waals surface area (Å²) in [6, 6.07) is 10.9. The number of thiazole rings is 1. The van der Waals surface area contributed by atoms with Gasteiger partial charge in [0.2, 0.25) is 0 Å². The Labute approximate surface area is 147 Å². The summed E-state index contributed by atoms with van der Waals surface area (Å²) in [6.07, 6.45) is 1.76. The van der Waals surface area contributed by atoms with Crippen molar-refractivity contribution >= 4 is 27.5 Å². The van der Waals surface area contributed by atoms with E-state index in [2.05, 4.69) is 4.98 Å². The van der Waals surface area contributed by atoms with Crippen LogP contribution in [0.5, 0.6) is 0 Å². The number of nitrogens with zero attached hydrogens (tertiary/aromatic N) is 2. The zero-order valence-electron chi connectivity index (χ0n) is 13.4. The summed E-state index contributed by atoms with van der Waals surface area (Å²) < 4.78 is 28.4. The van der Waals surface area contributed by atoms with Gasteiger partial charge in [-0.15, -0.1) is 11.3 Å². The smallest absolute Gasteiger partial charge is 0.256 e. The minimum atomic E-state index is -0.687. The zero-order valence-corrected chi connectivity index (χ0v) is 14.2. The molecular formula is C19H16F2N2OS. The number of halogens is 2. The molecule has 25 heavy (non-hydrogen) atoms. The molecule has 128 valence electrons. The van der Waals surface area contributed by atoms with Crippen molar-refractivity contribution in [3.63, 3.8) is 0 Å². The number of hydrogen-bond acceptors (Lipinski definition) is 3. The summed E-state index contributed by atoms with van der Waals surface area (Å²) in [6.45, 7) is 1.03. The van der Waals surface area contributed by atoms with E-state index in [4.69, 9.17) is 0 Å². The van der Waals surface area contributed by atoms with E-state index in [1.807, 2.05) is 24.3 Å². The van der Waals surface area contributed by atoms with Gasteiger partial charge >= 0.3 is 0 Å². The number of benzene rings is 2. The van der Waals surface area contributed by atoms with Crippen molar-refractivity contribution < 1.29 is 13.6 Å². The molecule has 3 nitrogen and oxygen atoms in total. The summed E-state index contributed by atoms with van der Waals surface area (Å²) in [7, 11) is 0. The molecule has 0 saturated carbocycles. The van der Waals surface area contributed by atoms with E-state index < -0.39 is 17.5 Å². The van der Waals surface area contributed by atoms with E-state index in [-0.39, 0.29) is 11.5 Å². The minimum Gasteiger partial charge on any atom is -0.338 e. The van der Waals surface area contributed by atoms with Crippen LogP contribution in [-0.4, -0.2) is 28.9 Å². The Bertz CT molecular complexity index is 907. The summed E-state index contributed by atoms with van der Waals surface area (Å²) >= 11 is 1.64. The Morgan fingerprint density at radius 3 is 2.88 bits per heavy atom. The van der Waals surface area contributed by atoms with Crippen LogP contribution in [0.15, 0.2) is 42.5 Å². The average molecular weight is 358 g/mol. The number of likely N-dealkylation sites (tertiary alicyclic amines) is 1. The molecule has 6 heteroatoms. The van der Waals surface area contributed by atoms with Gasteiger partial charge in [-0.1, -0.05) is 12.1 Å². The normalized spacial score (nSPS) is 17.8. The van der Waals surface area contributed by atoms with Crippen molar-refractivity contribution in [1.29, 1.82) is 0 Å². The molecule has 1 aliphatic rings. The highest BCUT2D eigenvalue weighted by Crippen LogP contribution is 2.33. The predicted molar refractivity (Wildman–Crippen MR) is 93.9 cm³/mol. The lowest BCUT2D eigenvalue weighted by Crippen LogP contribution is -2.39. The number of carbonyl (C=O) groups excluding carboxylic acids is 1. The summed E-state index contributed by atoms with van der Waals surface area (Å²) in [5.41, 5.74) is 0.757. The maximum atomic E-state index is 13.9. The molecule has 1 fully saturated rings. The third-order valence-corrected chi connectivity index (χ3v) is 5.73. The molecule has 2 heterocycles. The Balaban J connectivity index is 1.58. The molecule has 1 aliphatic heterocycles. The Morgan fingerprint density at radius 2 is 2.04 bits per heavy atom. The number of carbonyl (C=O) groups is 1. The van der Waals surface area contributed by atoms with Gasteiger partial charge in [0.1, 0.15) is 11.6 Å². The van der Waals surface area contributed by atoms with Crippen LogP contribution in [0.3, 0.4) is 0 Å². The average Bonchev–Trinajstić information content (AvgIpc) is 3.07. The van der Waals surface area contributed by atoms with Crippen LogP contribution in [0.4, 0.5) is 8.78 Å². The first-order chi connectivity index (χ1) is 12.1. The summed E-state index contributed by atoms with van der Waals surface area (Å²) in [5, 5.41) is 0.999. The standard InChI is InChI=1S/C19H16F2N2OS/c20-13-7-8-15(21)14(10-13)19(24)23-9-3-4-12(11-23)18-22-16-5-1-2-6-17(16)25-18/h1-2,5-8,10,12H,3-4,9,11H2. The van der Waals surface area contributed by atoms with E-state index in [1.165, 1.54) is 0 Å². The van der Waals surface area contributed by atoms with E-state index in [1.54, 1.807) is 16.2 Å². The number of rotatable bonds is 2. The predicted octanol–water partition coefficient (Wildman–Crippen LogP) is 4.59. The first kappa shape index (κ1) is 16.1. The van der Waals surface area contributed by atoms with Crippen molar-refractivity contribution in [2.75, 3.05) is 13.1 Å². The number of para-hydroxylation sites is 1. The molecule has 2 aromatic carbocycles. The molecule has 0 aliphatic carbocycles. The van der Waals surface area contributed by atoms with Crippen molar-refractivity contribution in [3.05, 3.63) is 64.7 Å². The second-order valence-electron chi connectivity index (χ2n) is 6.23. The molecule has 1 saturated heterocycles. The van der Waals surface area contributed by atoms with Gasteiger partial charge in [0.05, 0.1) is 20.8 Å². The lowest BCUT2D eigenvalue weighted by molar-refractivity contribution is 0.0702. The van der Waals surface area contributed by atoms with Gasteiger partial charge in [-0.2, -0.15) is 0 Å². The number of hydrogen-bond donors (Lipinski definition) is 0. The molecular weight excluding hydrogens is 342 g/mol. The molecule has 0 spiro atoms. The van der Waals surface area contributed by atoms with Gasteiger partial charge in [-0.25, -0.2) is 13.8 Å². The first-order valence-corrected chi connectivity index (χ1v) is 9.03. The van der Waals surface area contributed by atoms with E-state index in [0.717, 1.165) is 46.3 Å². The van der Waals surface area contributed by atoms with Gasteiger partial charge in [0.15, 0.2) is 0 Å². The van der Waals surface area contributed by atoms with Crippen molar-refractivity contribution in [3.8, 4) is 0 Å². The van der Waals surface area contributed by atoms with Gasteiger partial charge < -0.3 is 4.90 Å². The lowest BCUT2D eigenvalue weighted by Gasteiger charge is -2.32. The topological polar surface area (TPSA) is 33.2 Å². The van der Waals surface area contributed by atoms with E-state index in [9.17, 15) is 13.6 Å². The molecule has 1 amide bonds. The lowest BCUT2D eigenvalue weighted by atomic mass is 9.98. The maximum absolute atomic E-state index is 13.9. The number of aromatic nitrogens is 1. The summed E-state index contributed by atoms with van der Waals surface area (Å²) in [4.78, 5) is 18.9. The third-order valence-electron chi connectivity index (χ3n) is 4.53. The fraction of sp³-hybridized carbons (Fsp3) is 0.263. The molecule has 1 aromatic heterocycles. The highest BCUT2D eigenvalue weighted by atomic mass is 32.1. The number of piperidine rings is 1. The van der Waals surface area contributed by atoms with Gasteiger partial charge in [-0.05, 0) is 43.2 Å². The molecule has 0 N–H and O–H groups in total. The highest BCUT2D eigenvalue weighted by molar-refractivity contribution is 7.18. The fourth-order valence-electron chi connectivity index (χ4n) is 3.26. The fourth-order valence-corrected chi connectivity index (χ4v) is 4.35. The number of fused-ring (bicyclic) bond motifs is 1. The second kappa shape index (κ2) is 6.52. The number of amides is 1. The minimum absolute atomic E-state index is 0.131. The quantitative estimate of drug-likeness (QED) is 0.671. The van der Waals surface area contributed by atoms with E-state index in [0.29, 0.717) is 13.1 Å². The molecule has 0 bridgehead atoms. The third kappa shape index (κ3) is 3.14. The molecule has 3 aromatic rings. The van der Waals surface area contributed by atoms with Crippen LogP contribution in [0.2, 0.25) is 0 Å². The first-order valence-electron chi connectivity index (χ1n) is 8.21. The second-order valence-corrected chi connectivity index (χ2v) is 7.30. The van der Waals surface area contributed by atoms with Crippen molar-refractivity contribution in [1.82, 2.24) is 9.88 Å². The Morgan fingerprint density at radius 1 is 1.20 bits per heavy atom. The molecule has 1 unspecified atom stereocenters. The van der Waals surface area contributed by atoms with Gasteiger partial charge in [0, 0.05) is 19.0 Å². The van der Waals surface area contributed by atoms with Gasteiger partial charge in [-0.3, -0.25) is 4.79 Å². The van der Waals surface area contributed by atoms with Crippen LogP contribution >= 0.6 is 11.3 Å². The highest BCUT2D eigenvalue weighted by Gasteiger charge is 2.28. The molecule has 4 rings (SSSR count). The summed E-state index contributed by atoms with van der Waals surface area (Å²) in [5.74, 6) is -1.62. The monoisotopic (exact) mass is 358 g/mol. The van der Waals surface area contributed by atoms with Crippen molar-refractivity contribution in [2.24, 2.45) is 0 Å². The van der Waals surface area contributed by atoms with E-state index >= 15 is 0 Å². The largest absolute Gasteiger partial charge is 0.338 e. The van der Waals surface area contributed by atoms with Crippen LogP contribution in [0, 0.1) is 11.6 Å². The van der Waals surface area contributed by atoms with Gasteiger partial charge in [0.25, 0.3) is 5.91 Å². The molecule has 0 radical (unpaired) electrons. The SMILES string of the molecule is O=C(c1cc(F)ccc1F)N1CCCC(c2nc3ccccc3s2)C1. The Kier molecular flexibility index (Phi) is 4.21.